The molecule has 28 heavy (non-hydrogen) atoms. The van der Waals surface area contributed by atoms with Gasteiger partial charge >= 0.3 is 0 Å². The molecule has 2 atom stereocenters. The van der Waals surface area contributed by atoms with Gasteiger partial charge in [0.1, 0.15) is 6.04 Å². The zero-order chi connectivity index (χ0) is 20.1. The van der Waals surface area contributed by atoms with Gasteiger partial charge in [-0.2, -0.15) is 4.31 Å². The number of anilines is 1. The largest absolute Gasteiger partial charge is 0.301 e. The van der Waals surface area contributed by atoms with E-state index in [-0.39, 0.29) is 11.7 Å². The van der Waals surface area contributed by atoms with Gasteiger partial charge in [0.05, 0.1) is 11.4 Å². The molecular formula is C19H32N4O3S2. The lowest BCUT2D eigenvalue weighted by molar-refractivity contribution is -0.120. The van der Waals surface area contributed by atoms with Crippen LogP contribution < -0.4 is 5.32 Å². The van der Waals surface area contributed by atoms with E-state index in [1.807, 2.05) is 12.3 Å². The summed E-state index contributed by atoms with van der Waals surface area (Å²) in [7, 11) is -3.39. The number of piperidine rings is 2. The highest BCUT2D eigenvalue weighted by atomic mass is 32.2. The van der Waals surface area contributed by atoms with Crippen molar-refractivity contribution in [2.75, 3.05) is 30.7 Å². The molecule has 0 saturated carbocycles. The monoisotopic (exact) mass is 428 g/mol. The lowest BCUT2D eigenvalue weighted by Crippen LogP contribution is -2.50. The lowest BCUT2D eigenvalue weighted by atomic mass is 10.0. The molecule has 2 aliphatic rings. The van der Waals surface area contributed by atoms with Crippen LogP contribution in [-0.4, -0.2) is 59.9 Å². The quantitative estimate of drug-likeness (QED) is 0.722. The second-order valence-electron chi connectivity index (χ2n) is 8.05. The molecule has 3 rings (SSSR count). The maximum atomic E-state index is 12.8. The number of thiazole rings is 1. The summed E-state index contributed by atoms with van der Waals surface area (Å²) in [6, 6.07) is -0.624. The summed E-state index contributed by atoms with van der Waals surface area (Å²) < 4.78 is 26.5. The van der Waals surface area contributed by atoms with Crippen LogP contribution in [0.1, 0.15) is 58.1 Å². The van der Waals surface area contributed by atoms with Crippen molar-refractivity contribution in [1.29, 1.82) is 0 Å². The predicted octanol–water partition coefficient (Wildman–Crippen LogP) is 2.91. The number of hydrogen-bond acceptors (Lipinski definition) is 6. The molecule has 7 nitrogen and oxygen atoms in total. The zero-order valence-corrected chi connectivity index (χ0v) is 18.5. The van der Waals surface area contributed by atoms with Crippen LogP contribution in [0.4, 0.5) is 5.13 Å². The third-order valence-corrected chi connectivity index (χ3v) is 8.37. The van der Waals surface area contributed by atoms with E-state index in [0.29, 0.717) is 30.4 Å². The van der Waals surface area contributed by atoms with Gasteiger partial charge in [-0.1, -0.05) is 20.3 Å². The number of rotatable bonds is 7. The first-order chi connectivity index (χ1) is 13.4. The molecule has 2 aliphatic heterocycles. The molecule has 1 aromatic heterocycles. The average molecular weight is 429 g/mol. The molecule has 0 aliphatic carbocycles. The van der Waals surface area contributed by atoms with Gasteiger partial charge in [0, 0.05) is 25.0 Å². The lowest BCUT2D eigenvalue weighted by Gasteiger charge is -2.33. The molecule has 2 saturated heterocycles. The molecular weight excluding hydrogens is 396 g/mol. The number of aromatic nitrogens is 1. The summed E-state index contributed by atoms with van der Waals surface area (Å²) >= 11 is 1.41. The van der Waals surface area contributed by atoms with E-state index in [1.54, 1.807) is 0 Å². The van der Waals surface area contributed by atoms with Crippen LogP contribution >= 0.6 is 11.3 Å². The van der Waals surface area contributed by atoms with Gasteiger partial charge in [0.2, 0.25) is 15.9 Å². The van der Waals surface area contributed by atoms with Crippen molar-refractivity contribution in [3.63, 3.8) is 0 Å². The molecule has 2 fully saturated rings. The van der Waals surface area contributed by atoms with Crippen molar-refractivity contribution >= 4 is 32.4 Å². The number of nitrogens with one attached hydrogen (secondary N) is 1. The molecule has 0 bridgehead atoms. The van der Waals surface area contributed by atoms with Crippen LogP contribution in [0.15, 0.2) is 5.38 Å². The first-order valence-corrected chi connectivity index (χ1v) is 12.8. The van der Waals surface area contributed by atoms with Gasteiger partial charge in [0.15, 0.2) is 5.13 Å². The van der Waals surface area contributed by atoms with Crippen LogP contribution in [0.5, 0.6) is 0 Å². The first kappa shape index (κ1) is 21.7. The normalized spacial score (nSPS) is 24.9. The van der Waals surface area contributed by atoms with E-state index in [2.05, 4.69) is 22.1 Å². The van der Waals surface area contributed by atoms with E-state index >= 15 is 0 Å². The van der Waals surface area contributed by atoms with E-state index in [9.17, 15) is 13.2 Å². The first-order valence-electron chi connectivity index (χ1n) is 10.4. The van der Waals surface area contributed by atoms with Crippen molar-refractivity contribution in [2.24, 2.45) is 5.92 Å². The number of nitrogens with zero attached hydrogens (tertiary/aromatic N) is 3. The van der Waals surface area contributed by atoms with Crippen LogP contribution in [-0.2, 0) is 21.4 Å². The van der Waals surface area contributed by atoms with Crippen LogP contribution in [0.3, 0.4) is 0 Å². The number of amides is 1. The topological polar surface area (TPSA) is 82.6 Å². The Kier molecular flexibility index (Phi) is 7.47. The average Bonchev–Trinajstić information content (AvgIpc) is 3.08. The summed E-state index contributed by atoms with van der Waals surface area (Å²) in [4.78, 5) is 19.8. The highest BCUT2D eigenvalue weighted by Gasteiger charge is 2.36. The molecule has 158 valence electrons. The van der Waals surface area contributed by atoms with Crippen LogP contribution in [0.2, 0.25) is 0 Å². The predicted molar refractivity (Wildman–Crippen MR) is 113 cm³/mol. The van der Waals surface area contributed by atoms with Crippen LogP contribution in [0, 0.1) is 5.92 Å². The van der Waals surface area contributed by atoms with E-state index < -0.39 is 16.1 Å². The number of likely N-dealkylation sites (tertiary alicyclic amines) is 1. The Balaban J connectivity index is 1.61. The highest BCUT2D eigenvalue weighted by Crippen LogP contribution is 2.25. The SMILES string of the molecule is CCCS(=O)(=O)N1CCCCC1C(=O)Nc1nc(CN2CCCC(C)C2)cs1. The maximum Gasteiger partial charge on any atom is 0.244 e. The zero-order valence-electron chi connectivity index (χ0n) is 16.9. The smallest absolute Gasteiger partial charge is 0.244 e. The summed E-state index contributed by atoms with van der Waals surface area (Å²) in [5.74, 6) is 0.549. The minimum absolute atomic E-state index is 0.0897. The van der Waals surface area contributed by atoms with Gasteiger partial charge in [-0.3, -0.25) is 9.69 Å². The summed E-state index contributed by atoms with van der Waals surface area (Å²) in [5, 5.41) is 5.41. The van der Waals surface area contributed by atoms with Crippen molar-refractivity contribution in [3.8, 4) is 0 Å². The van der Waals surface area contributed by atoms with Crippen molar-refractivity contribution in [3.05, 3.63) is 11.1 Å². The summed E-state index contributed by atoms with van der Waals surface area (Å²) in [6.45, 7) is 7.54. The number of carbonyl (C=O) groups excluding carboxylic acids is 1. The molecule has 3 heterocycles. The number of carbonyl (C=O) groups is 1. The molecule has 0 aromatic carbocycles. The Morgan fingerprint density at radius 1 is 1.29 bits per heavy atom. The van der Waals surface area contributed by atoms with E-state index in [1.165, 1.54) is 28.5 Å². The fourth-order valence-electron chi connectivity index (χ4n) is 4.16. The number of sulfonamides is 1. The van der Waals surface area contributed by atoms with Crippen molar-refractivity contribution in [1.82, 2.24) is 14.2 Å². The molecule has 1 N–H and O–H groups in total. The van der Waals surface area contributed by atoms with E-state index in [4.69, 9.17) is 0 Å². The fourth-order valence-corrected chi connectivity index (χ4v) is 6.61. The Morgan fingerprint density at radius 2 is 2.11 bits per heavy atom. The molecule has 9 heteroatoms. The van der Waals surface area contributed by atoms with Crippen LogP contribution in [0.25, 0.3) is 0 Å². The number of hydrogen-bond donors (Lipinski definition) is 1. The van der Waals surface area contributed by atoms with Gasteiger partial charge in [0.25, 0.3) is 0 Å². The molecule has 1 aromatic rings. The van der Waals surface area contributed by atoms with Gasteiger partial charge in [-0.15, -0.1) is 11.3 Å². The molecule has 1 amide bonds. The third-order valence-electron chi connectivity index (χ3n) is 5.48. The van der Waals surface area contributed by atoms with Gasteiger partial charge in [-0.25, -0.2) is 13.4 Å². The third kappa shape index (κ3) is 5.52. The summed E-state index contributed by atoms with van der Waals surface area (Å²) in [5.41, 5.74) is 0.966. The standard InChI is InChI=1S/C19H32N4O3S2/c1-3-11-28(25,26)23-10-5-4-8-17(23)18(24)21-19-20-16(14-27-19)13-22-9-6-7-15(2)12-22/h14-15,17H,3-13H2,1-2H3,(H,20,21,24). The Labute approximate surface area is 172 Å². The Bertz CT molecular complexity index is 765. The molecule has 0 radical (unpaired) electrons. The van der Waals surface area contributed by atoms with Gasteiger partial charge < -0.3 is 5.32 Å². The van der Waals surface area contributed by atoms with E-state index in [0.717, 1.165) is 38.2 Å². The maximum absolute atomic E-state index is 12.8. The van der Waals surface area contributed by atoms with Gasteiger partial charge in [-0.05, 0) is 44.6 Å². The minimum atomic E-state index is -3.39. The fraction of sp³-hybridized carbons (Fsp3) is 0.789. The highest BCUT2D eigenvalue weighted by molar-refractivity contribution is 7.89. The van der Waals surface area contributed by atoms with Crippen molar-refractivity contribution < 1.29 is 13.2 Å². The second kappa shape index (κ2) is 9.65. The summed E-state index contributed by atoms with van der Waals surface area (Å²) in [6.07, 6.45) is 5.30. The second-order valence-corrected chi connectivity index (χ2v) is 11.0. The Morgan fingerprint density at radius 3 is 2.86 bits per heavy atom. The minimum Gasteiger partial charge on any atom is -0.301 e. The molecule has 0 spiro atoms. The Hall–Kier alpha value is -1.03. The molecule has 2 unspecified atom stereocenters. The van der Waals surface area contributed by atoms with Crippen molar-refractivity contribution in [2.45, 2.75) is 65.0 Å².